The first-order valence-corrected chi connectivity index (χ1v) is 6.06. The molecule has 5 heteroatoms. The summed E-state index contributed by atoms with van der Waals surface area (Å²) in [5, 5.41) is 0. The quantitative estimate of drug-likeness (QED) is 0.725. The van der Waals surface area contributed by atoms with Gasteiger partial charge in [-0.2, -0.15) is 13.2 Å². The Bertz CT molecular complexity index is 279. The van der Waals surface area contributed by atoms with Crippen molar-refractivity contribution in [3.05, 3.63) is 29.8 Å². The highest BCUT2D eigenvalue weighted by Crippen LogP contribution is 2.33. The van der Waals surface area contributed by atoms with Crippen LogP contribution in [0.25, 0.3) is 0 Å². The largest absolute Gasteiger partial charge is 0.442 e. The lowest BCUT2D eigenvalue weighted by atomic mass is 10.2. The predicted octanol–water partition coefficient (Wildman–Crippen LogP) is 4.16. The summed E-state index contributed by atoms with van der Waals surface area (Å²) in [6.07, 6.45) is 1.93. The van der Waals surface area contributed by atoms with Crippen molar-refractivity contribution in [2.45, 2.75) is 16.2 Å². The van der Waals surface area contributed by atoms with Gasteiger partial charge in [0.05, 0.1) is 0 Å². The molecule has 0 N–H and O–H groups in total. The Morgan fingerprint density at radius 1 is 1.14 bits per heavy atom. The van der Waals surface area contributed by atoms with E-state index in [0.29, 0.717) is 5.56 Å². The summed E-state index contributed by atoms with van der Waals surface area (Å²) in [7, 11) is 0. The molecule has 0 fully saturated rings. The molecule has 0 radical (unpaired) electrons. The smallest absolute Gasteiger partial charge is 0.160 e. The zero-order chi connectivity index (χ0) is 10.6. The third-order valence-electron chi connectivity index (χ3n) is 1.56. The molecule has 0 heterocycles. The lowest BCUT2D eigenvalue weighted by Crippen LogP contribution is -2.00. The molecule has 1 rings (SSSR count). The van der Waals surface area contributed by atoms with Crippen molar-refractivity contribution in [3.63, 3.8) is 0 Å². The van der Waals surface area contributed by atoms with E-state index in [4.69, 9.17) is 0 Å². The fourth-order valence-corrected chi connectivity index (χ4v) is 1.82. The average Bonchev–Trinajstić information content (AvgIpc) is 2.14. The second-order valence-corrected chi connectivity index (χ2v) is 4.50. The van der Waals surface area contributed by atoms with Gasteiger partial charge in [0.2, 0.25) is 0 Å². The van der Waals surface area contributed by atoms with Crippen molar-refractivity contribution in [1.82, 2.24) is 0 Å². The number of halogens is 3. The minimum atomic E-state index is -4.14. The van der Waals surface area contributed by atoms with Crippen LogP contribution in [0.2, 0.25) is 0 Å². The molecule has 0 nitrogen and oxygen atoms in total. The summed E-state index contributed by atoms with van der Waals surface area (Å²) in [5.41, 5.74) is -3.44. The van der Waals surface area contributed by atoms with Crippen LogP contribution in [0.5, 0.6) is 0 Å². The van der Waals surface area contributed by atoms with Crippen LogP contribution in [-0.2, 0) is 5.75 Å². The van der Waals surface area contributed by atoms with Crippen LogP contribution in [0, 0.1) is 0 Å². The monoisotopic (exact) mass is 238 g/mol. The number of benzene rings is 1. The van der Waals surface area contributed by atoms with E-state index in [-0.39, 0.29) is 17.5 Å². The Morgan fingerprint density at radius 2 is 1.71 bits per heavy atom. The normalized spacial score (nSPS) is 11.7. The number of alkyl halides is 3. The SMILES string of the molecule is CSc1ccc(CSC(F)(F)F)cc1. The zero-order valence-corrected chi connectivity index (χ0v) is 9.10. The van der Waals surface area contributed by atoms with E-state index in [1.807, 2.05) is 18.4 Å². The van der Waals surface area contributed by atoms with E-state index in [9.17, 15) is 13.2 Å². The first kappa shape index (κ1) is 11.8. The predicted molar refractivity (Wildman–Crippen MR) is 55.6 cm³/mol. The van der Waals surface area contributed by atoms with Crippen LogP contribution in [0.15, 0.2) is 29.2 Å². The van der Waals surface area contributed by atoms with Crippen molar-refractivity contribution < 1.29 is 13.2 Å². The maximum Gasteiger partial charge on any atom is 0.442 e. The number of thioether (sulfide) groups is 2. The Hall–Kier alpha value is -0.290. The standard InChI is InChI=1S/C9H9F3S2/c1-13-8-4-2-7(3-5-8)6-14-9(10,11)12/h2-5H,6H2,1H3. The molecule has 0 spiro atoms. The van der Waals surface area contributed by atoms with Crippen LogP contribution in [0.1, 0.15) is 5.56 Å². The van der Waals surface area contributed by atoms with E-state index in [1.165, 1.54) is 0 Å². The number of hydrogen-bond acceptors (Lipinski definition) is 2. The molecule has 0 aromatic heterocycles. The van der Waals surface area contributed by atoms with Crippen molar-refractivity contribution >= 4 is 23.5 Å². The Kier molecular flexibility index (Phi) is 4.19. The van der Waals surface area contributed by atoms with Crippen molar-refractivity contribution in [1.29, 1.82) is 0 Å². The van der Waals surface area contributed by atoms with Crippen LogP contribution in [0.3, 0.4) is 0 Å². The second kappa shape index (κ2) is 4.98. The average molecular weight is 238 g/mol. The van der Waals surface area contributed by atoms with Gasteiger partial charge in [-0.15, -0.1) is 11.8 Å². The number of rotatable bonds is 3. The van der Waals surface area contributed by atoms with Gasteiger partial charge >= 0.3 is 5.51 Å². The molecule has 1 aromatic rings. The first-order chi connectivity index (χ1) is 6.51. The van der Waals surface area contributed by atoms with Crippen LogP contribution < -0.4 is 0 Å². The molecular formula is C9H9F3S2. The summed E-state index contributed by atoms with van der Waals surface area (Å²) in [6.45, 7) is 0. The summed E-state index contributed by atoms with van der Waals surface area (Å²) < 4.78 is 35.5. The fraction of sp³-hybridized carbons (Fsp3) is 0.333. The van der Waals surface area contributed by atoms with E-state index < -0.39 is 5.51 Å². The summed E-state index contributed by atoms with van der Waals surface area (Å²) in [4.78, 5) is 1.06. The van der Waals surface area contributed by atoms with E-state index in [1.54, 1.807) is 23.9 Å². The molecule has 0 saturated carbocycles. The molecule has 14 heavy (non-hydrogen) atoms. The molecule has 0 aliphatic carbocycles. The minimum Gasteiger partial charge on any atom is -0.160 e. The summed E-state index contributed by atoms with van der Waals surface area (Å²) in [6, 6.07) is 7.11. The first-order valence-electron chi connectivity index (χ1n) is 3.85. The fourth-order valence-electron chi connectivity index (χ4n) is 0.887. The third kappa shape index (κ3) is 4.28. The van der Waals surface area contributed by atoms with E-state index >= 15 is 0 Å². The molecule has 0 aliphatic heterocycles. The van der Waals surface area contributed by atoms with E-state index in [2.05, 4.69) is 0 Å². The minimum absolute atomic E-state index is 0.00668. The van der Waals surface area contributed by atoms with Gasteiger partial charge in [0.15, 0.2) is 0 Å². The van der Waals surface area contributed by atoms with Gasteiger partial charge in [-0.25, -0.2) is 0 Å². The molecule has 0 amide bonds. The Balaban J connectivity index is 2.52. The Labute approximate surface area is 89.3 Å². The highest BCUT2D eigenvalue weighted by molar-refractivity contribution is 7.99. The number of hydrogen-bond donors (Lipinski definition) is 0. The van der Waals surface area contributed by atoms with Crippen LogP contribution in [0.4, 0.5) is 13.2 Å². The van der Waals surface area contributed by atoms with Crippen molar-refractivity contribution in [2.75, 3.05) is 6.26 Å². The van der Waals surface area contributed by atoms with E-state index in [0.717, 1.165) is 4.90 Å². The molecular weight excluding hydrogens is 229 g/mol. The summed E-state index contributed by atoms with van der Waals surface area (Å²) >= 11 is 1.57. The molecule has 0 unspecified atom stereocenters. The molecule has 0 saturated heterocycles. The lowest BCUT2D eigenvalue weighted by Gasteiger charge is -2.05. The third-order valence-corrected chi connectivity index (χ3v) is 3.11. The second-order valence-electron chi connectivity index (χ2n) is 2.58. The van der Waals surface area contributed by atoms with Crippen molar-refractivity contribution in [2.24, 2.45) is 0 Å². The van der Waals surface area contributed by atoms with Crippen LogP contribution in [-0.4, -0.2) is 11.8 Å². The topological polar surface area (TPSA) is 0 Å². The lowest BCUT2D eigenvalue weighted by molar-refractivity contribution is -0.0329. The van der Waals surface area contributed by atoms with Crippen molar-refractivity contribution in [3.8, 4) is 0 Å². The maximum atomic E-state index is 11.8. The molecule has 0 atom stereocenters. The van der Waals surface area contributed by atoms with Gasteiger partial charge < -0.3 is 0 Å². The van der Waals surface area contributed by atoms with Gasteiger partial charge in [-0.3, -0.25) is 0 Å². The molecule has 0 aliphatic rings. The highest BCUT2D eigenvalue weighted by Gasteiger charge is 2.27. The van der Waals surface area contributed by atoms with Gasteiger partial charge in [-0.05, 0) is 35.7 Å². The Morgan fingerprint density at radius 3 is 2.14 bits per heavy atom. The summed E-state index contributed by atoms with van der Waals surface area (Å²) in [5.74, 6) is -0.0157. The van der Waals surface area contributed by atoms with Gasteiger partial charge in [0.25, 0.3) is 0 Å². The molecule has 1 aromatic carbocycles. The van der Waals surface area contributed by atoms with Crippen LogP contribution >= 0.6 is 23.5 Å². The highest BCUT2D eigenvalue weighted by atomic mass is 32.2. The zero-order valence-electron chi connectivity index (χ0n) is 7.47. The van der Waals surface area contributed by atoms with Gasteiger partial charge in [0, 0.05) is 10.6 Å². The molecule has 0 bridgehead atoms. The van der Waals surface area contributed by atoms with Gasteiger partial charge in [0.1, 0.15) is 0 Å². The molecule has 78 valence electrons. The maximum absolute atomic E-state index is 11.8. The van der Waals surface area contributed by atoms with Gasteiger partial charge in [-0.1, -0.05) is 12.1 Å².